The van der Waals surface area contributed by atoms with E-state index in [0.29, 0.717) is 18.2 Å². The van der Waals surface area contributed by atoms with E-state index in [9.17, 15) is 4.79 Å². The molecule has 2 N–H and O–H groups in total. The fraction of sp³-hybridized carbons (Fsp3) is 0.235. The van der Waals surface area contributed by atoms with E-state index < -0.39 is 0 Å². The van der Waals surface area contributed by atoms with E-state index >= 15 is 0 Å². The Morgan fingerprint density at radius 1 is 1.20 bits per heavy atom. The van der Waals surface area contributed by atoms with Crippen molar-refractivity contribution in [3.63, 3.8) is 0 Å². The molecule has 8 heteroatoms. The average Bonchev–Trinajstić information content (AvgIpc) is 2.63. The Morgan fingerprint density at radius 2 is 1.92 bits per heavy atom. The highest BCUT2D eigenvalue weighted by molar-refractivity contribution is 8.10. The Kier molecular flexibility index (Phi) is 6.36. The minimum Gasteiger partial charge on any atom is -0.338 e. The number of benzene rings is 2. The fourth-order valence-electron chi connectivity index (χ4n) is 2.43. The Hall–Kier alpha value is -1.54. The van der Waals surface area contributed by atoms with Crippen molar-refractivity contribution in [1.82, 2.24) is 10.3 Å². The molecule has 1 saturated heterocycles. The predicted molar refractivity (Wildman–Crippen MR) is 109 cm³/mol. The number of rotatable bonds is 5. The SMILES string of the molecule is O=C(CN1CSC(S)N(c2ccccc2)C1)NNc1ccc(Cl)cc1. The van der Waals surface area contributed by atoms with Crippen LogP contribution in [0.15, 0.2) is 54.6 Å². The first-order chi connectivity index (χ1) is 12.1. The van der Waals surface area contributed by atoms with Gasteiger partial charge in [-0.2, -0.15) is 0 Å². The van der Waals surface area contributed by atoms with Crippen LogP contribution in [-0.2, 0) is 4.79 Å². The third kappa shape index (κ3) is 5.22. The van der Waals surface area contributed by atoms with Crippen LogP contribution in [0.3, 0.4) is 0 Å². The highest BCUT2D eigenvalue weighted by atomic mass is 35.5. The number of amides is 1. The summed E-state index contributed by atoms with van der Waals surface area (Å²) in [6.07, 6.45) is 0. The monoisotopic (exact) mass is 394 g/mol. The van der Waals surface area contributed by atoms with Gasteiger partial charge in [-0.1, -0.05) is 29.8 Å². The van der Waals surface area contributed by atoms with Gasteiger partial charge in [-0.3, -0.25) is 20.5 Å². The number of thiol groups is 1. The molecule has 2 aromatic carbocycles. The molecule has 1 aliphatic heterocycles. The molecule has 0 aliphatic carbocycles. The van der Waals surface area contributed by atoms with Crippen LogP contribution in [0, 0.1) is 0 Å². The van der Waals surface area contributed by atoms with Gasteiger partial charge in [0, 0.05) is 16.6 Å². The Bertz CT molecular complexity index is 702. The van der Waals surface area contributed by atoms with Crippen LogP contribution >= 0.6 is 36.0 Å². The third-order valence-corrected chi connectivity index (χ3v) is 5.72. The number of halogens is 1. The number of anilines is 2. The average molecular weight is 395 g/mol. The number of nitrogens with one attached hydrogen (secondary N) is 2. The van der Waals surface area contributed by atoms with Gasteiger partial charge in [-0.15, -0.1) is 24.4 Å². The van der Waals surface area contributed by atoms with Crippen molar-refractivity contribution in [3.05, 3.63) is 59.6 Å². The second-order valence-corrected chi connectivity index (χ2v) is 7.89. The summed E-state index contributed by atoms with van der Waals surface area (Å²) in [5.41, 5.74) is 7.48. The summed E-state index contributed by atoms with van der Waals surface area (Å²) in [6, 6.07) is 17.2. The fourth-order valence-corrected chi connectivity index (χ4v) is 3.85. The molecule has 1 aliphatic rings. The standard InChI is InChI=1S/C17H19ClN4OS2/c18-13-6-8-14(9-7-13)19-20-16(23)10-21-11-22(17(24)25-12-21)15-4-2-1-3-5-15/h1-9,17,19,24H,10-12H2,(H,20,23). The number of hydrogen-bond donors (Lipinski definition) is 3. The maximum atomic E-state index is 12.2. The normalized spacial score (nSPS) is 18.0. The molecule has 5 nitrogen and oxygen atoms in total. The molecule has 132 valence electrons. The van der Waals surface area contributed by atoms with Crippen LogP contribution in [0.1, 0.15) is 0 Å². The molecular formula is C17H19ClN4OS2. The summed E-state index contributed by atoms with van der Waals surface area (Å²) in [5, 5.41) is 0.657. The van der Waals surface area contributed by atoms with E-state index in [2.05, 4.69) is 45.4 Å². The van der Waals surface area contributed by atoms with Gasteiger partial charge in [0.05, 0.1) is 18.9 Å². The third-order valence-electron chi connectivity index (χ3n) is 3.67. The van der Waals surface area contributed by atoms with Gasteiger partial charge in [-0.25, -0.2) is 0 Å². The van der Waals surface area contributed by atoms with E-state index in [4.69, 9.17) is 11.6 Å². The molecule has 0 bridgehead atoms. The summed E-state index contributed by atoms with van der Waals surface area (Å²) in [6.45, 7) is 0.955. The highest BCUT2D eigenvalue weighted by Gasteiger charge is 2.26. The summed E-state index contributed by atoms with van der Waals surface area (Å²) in [5.74, 6) is 0.660. The number of para-hydroxylation sites is 1. The van der Waals surface area contributed by atoms with Gasteiger partial charge in [0.2, 0.25) is 0 Å². The maximum Gasteiger partial charge on any atom is 0.252 e. The minimum absolute atomic E-state index is 0.0777. The van der Waals surface area contributed by atoms with Gasteiger partial charge < -0.3 is 4.90 Å². The van der Waals surface area contributed by atoms with E-state index in [-0.39, 0.29) is 10.6 Å². The van der Waals surface area contributed by atoms with Crippen molar-refractivity contribution in [2.24, 2.45) is 0 Å². The number of hydrogen-bond acceptors (Lipinski definition) is 6. The predicted octanol–water partition coefficient (Wildman–Crippen LogP) is 3.47. The van der Waals surface area contributed by atoms with Crippen molar-refractivity contribution < 1.29 is 4.79 Å². The molecule has 0 spiro atoms. The van der Waals surface area contributed by atoms with Crippen molar-refractivity contribution in [3.8, 4) is 0 Å². The molecule has 1 heterocycles. The molecule has 3 rings (SSSR count). The summed E-state index contributed by atoms with van der Waals surface area (Å²) < 4.78 is 0.0777. The second-order valence-electron chi connectivity index (χ2n) is 5.58. The summed E-state index contributed by atoms with van der Waals surface area (Å²) >= 11 is 12.2. The molecule has 25 heavy (non-hydrogen) atoms. The van der Waals surface area contributed by atoms with Crippen molar-refractivity contribution >= 4 is 53.3 Å². The lowest BCUT2D eigenvalue weighted by Crippen LogP contribution is -2.49. The first-order valence-corrected chi connectivity index (χ1v) is 9.70. The van der Waals surface area contributed by atoms with Gasteiger partial charge in [-0.05, 0) is 36.4 Å². The molecule has 1 fully saturated rings. The first-order valence-electron chi connectivity index (χ1n) is 7.76. The van der Waals surface area contributed by atoms with Crippen LogP contribution in [0.2, 0.25) is 5.02 Å². The molecule has 1 amide bonds. The number of thioether (sulfide) groups is 1. The molecule has 2 aromatic rings. The topological polar surface area (TPSA) is 47.6 Å². The van der Waals surface area contributed by atoms with Crippen LogP contribution in [0.5, 0.6) is 0 Å². The molecule has 0 saturated carbocycles. The van der Waals surface area contributed by atoms with Crippen LogP contribution < -0.4 is 15.8 Å². The van der Waals surface area contributed by atoms with Crippen molar-refractivity contribution in [2.45, 2.75) is 4.71 Å². The maximum absolute atomic E-state index is 12.2. The molecule has 0 radical (unpaired) electrons. The van der Waals surface area contributed by atoms with E-state index in [1.165, 1.54) is 0 Å². The minimum atomic E-state index is -0.0961. The number of carbonyl (C=O) groups is 1. The largest absolute Gasteiger partial charge is 0.338 e. The van der Waals surface area contributed by atoms with Gasteiger partial charge in [0.25, 0.3) is 5.91 Å². The van der Waals surface area contributed by atoms with Crippen LogP contribution in [-0.4, -0.2) is 34.6 Å². The quantitative estimate of drug-likeness (QED) is 0.535. The Balaban J connectivity index is 1.52. The molecule has 1 atom stereocenters. The van der Waals surface area contributed by atoms with Crippen LogP contribution in [0.25, 0.3) is 0 Å². The molecular weight excluding hydrogens is 376 g/mol. The zero-order valence-electron chi connectivity index (χ0n) is 13.4. The molecule has 1 unspecified atom stereocenters. The molecule has 0 aromatic heterocycles. The lowest BCUT2D eigenvalue weighted by Gasteiger charge is -2.40. The lowest BCUT2D eigenvalue weighted by molar-refractivity contribution is -0.121. The highest BCUT2D eigenvalue weighted by Crippen LogP contribution is 2.30. The van der Waals surface area contributed by atoms with Crippen molar-refractivity contribution in [2.75, 3.05) is 29.4 Å². The summed E-state index contributed by atoms with van der Waals surface area (Å²) in [7, 11) is 0. The second kappa shape index (κ2) is 8.71. The zero-order valence-corrected chi connectivity index (χ0v) is 15.9. The smallest absolute Gasteiger partial charge is 0.252 e. The number of nitrogens with zero attached hydrogens (tertiary/aromatic N) is 2. The van der Waals surface area contributed by atoms with Crippen molar-refractivity contribution in [1.29, 1.82) is 0 Å². The van der Waals surface area contributed by atoms with E-state index in [1.807, 2.05) is 30.3 Å². The van der Waals surface area contributed by atoms with Gasteiger partial charge >= 0.3 is 0 Å². The zero-order chi connectivity index (χ0) is 17.6. The van der Waals surface area contributed by atoms with Gasteiger partial charge in [0.1, 0.15) is 4.71 Å². The van der Waals surface area contributed by atoms with Gasteiger partial charge in [0.15, 0.2) is 0 Å². The lowest BCUT2D eigenvalue weighted by atomic mass is 10.3. The Morgan fingerprint density at radius 3 is 2.64 bits per heavy atom. The number of hydrazine groups is 1. The summed E-state index contributed by atoms with van der Waals surface area (Å²) in [4.78, 5) is 16.4. The Labute approximate surface area is 162 Å². The van der Waals surface area contributed by atoms with E-state index in [0.717, 1.165) is 17.3 Å². The first kappa shape index (κ1) is 18.3. The number of carbonyl (C=O) groups excluding carboxylic acids is 1. The van der Waals surface area contributed by atoms with Crippen LogP contribution in [0.4, 0.5) is 11.4 Å². The van der Waals surface area contributed by atoms with E-state index in [1.54, 1.807) is 23.9 Å².